The molecule has 1 N–H and O–H groups in total. The average Bonchev–Trinajstić information content (AvgIpc) is 2.68. The largest absolute Gasteiger partial charge is 0.388 e. The van der Waals surface area contributed by atoms with E-state index in [4.69, 9.17) is 11.6 Å². The third-order valence-electron chi connectivity index (χ3n) is 2.36. The molecule has 17 heavy (non-hydrogen) atoms. The predicted octanol–water partition coefficient (Wildman–Crippen LogP) is 4.58. The van der Waals surface area contributed by atoms with Gasteiger partial charge in [-0.1, -0.05) is 23.7 Å². The van der Waals surface area contributed by atoms with Crippen LogP contribution in [0.1, 0.15) is 16.5 Å². The molecule has 1 aromatic heterocycles. The van der Waals surface area contributed by atoms with Gasteiger partial charge in [0.25, 0.3) is 0 Å². The Kier molecular flexibility index (Phi) is 4.20. The number of hydrogen-bond donors (Lipinski definition) is 1. The highest BCUT2D eigenvalue weighted by Crippen LogP contribution is 2.30. The van der Waals surface area contributed by atoms with Crippen molar-refractivity contribution in [3.05, 3.63) is 55.4 Å². The fraction of sp³-hybridized carbons (Fsp3) is 0.167. The van der Waals surface area contributed by atoms with Crippen LogP contribution in [-0.4, -0.2) is 5.11 Å². The smallest absolute Gasteiger partial charge is 0.142 e. The van der Waals surface area contributed by atoms with Crippen molar-refractivity contribution in [1.82, 2.24) is 0 Å². The highest BCUT2D eigenvalue weighted by atomic mass is 79.9. The van der Waals surface area contributed by atoms with Crippen molar-refractivity contribution in [2.45, 2.75) is 12.5 Å². The highest BCUT2D eigenvalue weighted by Gasteiger charge is 2.15. The molecule has 2 rings (SSSR count). The van der Waals surface area contributed by atoms with E-state index in [2.05, 4.69) is 15.9 Å². The molecular formula is C12H9BrClFOS. The molecule has 5 heteroatoms. The number of hydrogen-bond acceptors (Lipinski definition) is 2. The summed E-state index contributed by atoms with van der Waals surface area (Å²) < 4.78 is 14.2. The second-order valence-corrected chi connectivity index (χ2v) is 6.49. The van der Waals surface area contributed by atoms with Crippen molar-refractivity contribution >= 4 is 38.9 Å². The summed E-state index contributed by atoms with van der Waals surface area (Å²) >= 11 is 10.7. The normalized spacial score (nSPS) is 12.7. The van der Waals surface area contributed by atoms with Crippen LogP contribution in [-0.2, 0) is 6.42 Å². The zero-order chi connectivity index (χ0) is 12.4. The van der Waals surface area contributed by atoms with E-state index in [1.54, 1.807) is 23.5 Å². The van der Waals surface area contributed by atoms with Gasteiger partial charge in [-0.25, -0.2) is 4.39 Å². The molecule has 1 nitrogen and oxygen atoms in total. The molecule has 0 fully saturated rings. The molecule has 0 aliphatic heterocycles. The van der Waals surface area contributed by atoms with Crippen LogP contribution in [0.2, 0.25) is 5.02 Å². The lowest BCUT2D eigenvalue weighted by molar-refractivity contribution is 0.179. The Morgan fingerprint density at radius 3 is 2.76 bits per heavy atom. The second kappa shape index (κ2) is 5.48. The van der Waals surface area contributed by atoms with E-state index >= 15 is 0 Å². The maximum Gasteiger partial charge on any atom is 0.142 e. The van der Waals surface area contributed by atoms with E-state index in [9.17, 15) is 9.50 Å². The summed E-state index contributed by atoms with van der Waals surface area (Å²) in [6.07, 6.45) is -0.358. The lowest BCUT2D eigenvalue weighted by Gasteiger charge is -2.11. The first kappa shape index (κ1) is 13.0. The van der Waals surface area contributed by atoms with E-state index in [0.717, 1.165) is 8.66 Å². The predicted molar refractivity (Wildman–Crippen MR) is 72.1 cm³/mol. The van der Waals surface area contributed by atoms with Gasteiger partial charge in [0, 0.05) is 16.9 Å². The topological polar surface area (TPSA) is 20.2 Å². The van der Waals surface area contributed by atoms with E-state index in [-0.39, 0.29) is 5.02 Å². The fourth-order valence-corrected chi connectivity index (χ4v) is 3.31. The molecule has 0 aliphatic rings. The Bertz CT molecular complexity index is 529. The molecule has 1 atom stereocenters. The Morgan fingerprint density at radius 1 is 1.35 bits per heavy atom. The first-order chi connectivity index (χ1) is 8.08. The molecule has 0 bridgehead atoms. The van der Waals surface area contributed by atoms with E-state index in [1.165, 1.54) is 6.07 Å². The van der Waals surface area contributed by atoms with Crippen molar-refractivity contribution < 1.29 is 9.50 Å². The number of benzene rings is 1. The van der Waals surface area contributed by atoms with E-state index < -0.39 is 11.9 Å². The van der Waals surface area contributed by atoms with Crippen LogP contribution in [0.5, 0.6) is 0 Å². The zero-order valence-corrected chi connectivity index (χ0v) is 11.8. The first-order valence-corrected chi connectivity index (χ1v) is 6.93. The van der Waals surface area contributed by atoms with Crippen LogP contribution < -0.4 is 0 Å². The van der Waals surface area contributed by atoms with Gasteiger partial charge < -0.3 is 5.11 Å². The van der Waals surface area contributed by atoms with Crippen molar-refractivity contribution in [3.8, 4) is 0 Å². The first-order valence-electron chi connectivity index (χ1n) is 4.94. The Morgan fingerprint density at radius 2 is 2.12 bits per heavy atom. The minimum Gasteiger partial charge on any atom is -0.388 e. The van der Waals surface area contributed by atoms with Crippen molar-refractivity contribution in [1.29, 1.82) is 0 Å². The summed E-state index contributed by atoms with van der Waals surface area (Å²) in [5.41, 5.74) is 0.427. The number of aliphatic hydroxyl groups excluding tert-OH is 1. The van der Waals surface area contributed by atoms with Crippen molar-refractivity contribution in [2.75, 3.05) is 0 Å². The third-order valence-corrected chi connectivity index (χ3v) is 4.41. The molecule has 0 radical (unpaired) electrons. The highest BCUT2D eigenvalue weighted by molar-refractivity contribution is 9.11. The average molecular weight is 336 g/mol. The summed E-state index contributed by atoms with van der Waals surface area (Å²) in [5.74, 6) is -0.504. The quantitative estimate of drug-likeness (QED) is 0.870. The van der Waals surface area contributed by atoms with Crippen LogP contribution in [0, 0.1) is 5.82 Å². The zero-order valence-electron chi connectivity index (χ0n) is 8.66. The summed E-state index contributed by atoms with van der Waals surface area (Å²) in [5, 5.41) is 10.0. The third kappa shape index (κ3) is 3.07. The lowest BCUT2D eigenvalue weighted by Crippen LogP contribution is -2.02. The molecule has 1 heterocycles. The van der Waals surface area contributed by atoms with E-state index in [0.29, 0.717) is 12.0 Å². The summed E-state index contributed by atoms with van der Waals surface area (Å²) in [7, 11) is 0. The maximum atomic E-state index is 13.2. The van der Waals surface area contributed by atoms with Gasteiger partial charge in [-0.3, -0.25) is 0 Å². The van der Waals surface area contributed by atoms with Crippen molar-refractivity contribution in [2.24, 2.45) is 0 Å². The van der Waals surface area contributed by atoms with Crippen LogP contribution in [0.4, 0.5) is 4.39 Å². The SMILES string of the molecule is OC(Cc1ccc(Br)s1)c1cccc(F)c1Cl. The standard InChI is InChI=1S/C12H9BrClFOS/c13-11-5-4-7(17-11)6-10(16)8-2-1-3-9(15)12(8)14/h1-5,10,16H,6H2. The summed E-state index contributed by atoms with van der Waals surface area (Å²) in [4.78, 5) is 1.02. The number of aliphatic hydroxyl groups is 1. The van der Waals surface area contributed by atoms with Gasteiger partial charge in [0.15, 0.2) is 0 Å². The van der Waals surface area contributed by atoms with Gasteiger partial charge in [0.1, 0.15) is 5.82 Å². The van der Waals surface area contributed by atoms with Gasteiger partial charge in [-0.15, -0.1) is 11.3 Å². The Hall–Kier alpha value is -0.420. The monoisotopic (exact) mass is 334 g/mol. The molecule has 90 valence electrons. The molecule has 0 saturated heterocycles. The Balaban J connectivity index is 2.20. The summed E-state index contributed by atoms with van der Waals surface area (Å²) in [6, 6.07) is 8.30. The van der Waals surface area contributed by atoms with Gasteiger partial charge in [-0.2, -0.15) is 0 Å². The van der Waals surface area contributed by atoms with Gasteiger partial charge in [-0.05, 0) is 34.1 Å². The number of thiophene rings is 1. The number of rotatable bonds is 3. The maximum absolute atomic E-state index is 13.2. The molecular weight excluding hydrogens is 327 g/mol. The van der Waals surface area contributed by atoms with Crippen LogP contribution >= 0.6 is 38.9 Å². The van der Waals surface area contributed by atoms with Crippen LogP contribution in [0.25, 0.3) is 0 Å². The van der Waals surface area contributed by atoms with Crippen LogP contribution in [0.3, 0.4) is 0 Å². The minimum atomic E-state index is -0.788. The number of halogens is 3. The molecule has 0 saturated carbocycles. The second-order valence-electron chi connectivity index (χ2n) is 3.57. The molecule has 0 aliphatic carbocycles. The molecule has 1 aromatic carbocycles. The van der Waals surface area contributed by atoms with Gasteiger partial charge in [0.2, 0.25) is 0 Å². The Labute approximate surface area is 116 Å². The molecule has 0 amide bonds. The van der Waals surface area contributed by atoms with Gasteiger partial charge in [0.05, 0.1) is 14.9 Å². The molecule has 0 spiro atoms. The van der Waals surface area contributed by atoms with Crippen LogP contribution in [0.15, 0.2) is 34.1 Å². The van der Waals surface area contributed by atoms with Crippen molar-refractivity contribution in [3.63, 3.8) is 0 Å². The fourth-order valence-electron chi connectivity index (χ4n) is 1.54. The lowest BCUT2D eigenvalue weighted by atomic mass is 10.1. The molecule has 2 aromatic rings. The summed E-state index contributed by atoms with van der Waals surface area (Å²) in [6.45, 7) is 0. The van der Waals surface area contributed by atoms with Gasteiger partial charge >= 0.3 is 0 Å². The minimum absolute atomic E-state index is 0.00405. The molecule has 1 unspecified atom stereocenters. The van der Waals surface area contributed by atoms with E-state index in [1.807, 2.05) is 12.1 Å².